The van der Waals surface area contributed by atoms with Crippen LogP contribution in [-0.2, 0) is 11.3 Å². The number of carboxylic acids is 1. The minimum absolute atomic E-state index is 0.00114. The SMILES string of the molecule is Cc1nnn2c1-c1ccc(C3=CCNCC3)cc1C(Nc1cc(F)cc(Cl)c1)CC2.O=C(O)C(F)(F)F. The molecule has 1 unspecified atom stereocenters. The predicted octanol–water partition coefficient (Wildman–Crippen LogP) is 5.61. The number of rotatable bonds is 3. The van der Waals surface area contributed by atoms with Crippen LogP contribution in [0.3, 0.4) is 0 Å². The summed E-state index contributed by atoms with van der Waals surface area (Å²) in [6, 6.07) is 11.2. The van der Waals surface area contributed by atoms with Crippen LogP contribution in [0.2, 0.25) is 5.02 Å². The Morgan fingerprint density at radius 1 is 1.24 bits per heavy atom. The number of alkyl halides is 3. The van der Waals surface area contributed by atoms with Crippen LogP contribution in [0.25, 0.3) is 16.8 Å². The zero-order valence-electron chi connectivity index (χ0n) is 19.7. The van der Waals surface area contributed by atoms with Crippen molar-refractivity contribution in [1.29, 1.82) is 0 Å². The molecule has 0 saturated carbocycles. The van der Waals surface area contributed by atoms with Crippen LogP contribution >= 0.6 is 11.6 Å². The van der Waals surface area contributed by atoms with Crippen LogP contribution in [0.1, 0.15) is 35.7 Å². The maximum Gasteiger partial charge on any atom is 0.490 e. The van der Waals surface area contributed by atoms with E-state index in [1.54, 1.807) is 6.07 Å². The standard InChI is InChI=1S/C23H23ClFN5.C2HF3O2/c1-14-23-20-3-2-16(15-4-7-26-8-5-15)10-21(20)22(6-9-30(23)29-28-14)27-19-12-17(24)11-18(25)13-19;3-2(4,5)1(6)7/h2-4,10-13,22,26-27H,5-9H2,1H3;(H,6,7). The second-order valence-electron chi connectivity index (χ2n) is 8.68. The fourth-order valence-electron chi connectivity index (χ4n) is 4.44. The molecule has 2 aliphatic rings. The molecule has 0 fully saturated rings. The number of nitrogens with one attached hydrogen (secondary N) is 2. The highest BCUT2D eigenvalue weighted by molar-refractivity contribution is 6.30. The molecule has 12 heteroatoms. The summed E-state index contributed by atoms with van der Waals surface area (Å²) < 4.78 is 47.6. The molecule has 2 aromatic carbocycles. The lowest BCUT2D eigenvalue weighted by Gasteiger charge is -2.23. The Bertz CT molecular complexity index is 1320. The van der Waals surface area contributed by atoms with E-state index in [2.05, 4.69) is 45.2 Å². The van der Waals surface area contributed by atoms with Crippen molar-refractivity contribution >= 4 is 28.8 Å². The van der Waals surface area contributed by atoms with Crippen molar-refractivity contribution in [3.05, 3.63) is 70.1 Å². The highest BCUT2D eigenvalue weighted by Gasteiger charge is 2.38. The van der Waals surface area contributed by atoms with Crippen molar-refractivity contribution in [2.75, 3.05) is 18.4 Å². The summed E-state index contributed by atoms with van der Waals surface area (Å²) in [5.74, 6) is -3.10. The van der Waals surface area contributed by atoms with Crippen molar-refractivity contribution in [2.24, 2.45) is 0 Å². The predicted molar refractivity (Wildman–Crippen MR) is 132 cm³/mol. The van der Waals surface area contributed by atoms with Gasteiger partial charge >= 0.3 is 12.1 Å². The molecule has 1 atom stereocenters. The molecule has 1 aromatic heterocycles. The van der Waals surface area contributed by atoms with E-state index in [4.69, 9.17) is 21.5 Å². The van der Waals surface area contributed by atoms with Crippen LogP contribution in [-0.4, -0.2) is 45.3 Å². The summed E-state index contributed by atoms with van der Waals surface area (Å²) in [7, 11) is 0. The van der Waals surface area contributed by atoms with Gasteiger partial charge in [0, 0.05) is 29.4 Å². The number of carbonyl (C=O) groups is 1. The molecular weight excluding hydrogens is 514 g/mol. The molecule has 196 valence electrons. The van der Waals surface area contributed by atoms with Crippen LogP contribution < -0.4 is 10.6 Å². The lowest BCUT2D eigenvalue weighted by molar-refractivity contribution is -0.192. The van der Waals surface area contributed by atoms with E-state index in [1.165, 1.54) is 28.8 Å². The average molecular weight is 538 g/mol. The third-order valence-corrected chi connectivity index (χ3v) is 6.31. The molecule has 3 N–H and O–H groups in total. The summed E-state index contributed by atoms with van der Waals surface area (Å²) in [4.78, 5) is 8.90. The van der Waals surface area contributed by atoms with Crippen molar-refractivity contribution in [2.45, 2.75) is 38.5 Å². The van der Waals surface area contributed by atoms with E-state index in [-0.39, 0.29) is 11.9 Å². The largest absolute Gasteiger partial charge is 0.490 e. The van der Waals surface area contributed by atoms with Crippen LogP contribution in [0, 0.1) is 12.7 Å². The smallest absolute Gasteiger partial charge is 0.475 e. The van der Waals surface area contributed by atoms with E-state index >= 15 is 0 Å². The second-order valence-corrected chi connectivity index (χ2v) is 9.12. The summed E-state index contributed by atoms with van der Waals surface area (Å²) in [6.45, 7) is 4.60. The van der Waals surface area contributed by atoms with Gasteiger partial charge in [0.1, 0.15) is 5.82 Å². The number of aromatic nitrogens is 3. The fourth-order valence-corrected chi connectivity index (χ4v) is 4.66. The molecule has 0 bridgehead atoms. The normalized spacial score (nSPS) is 16.9. The number of nitrogens with zero attached hydrogens (tertiary/aromatic N) is 3. The van der Waals surface area contributed by atoms with Gasteiger partial charge < -0.3 is 15.7 Å². The molecule has 0 radical (unpaired) electrons. The van der Waals surface area contributed by atoms with Gasteiger partial charge in [-0.25, -0.2) is 13.9 Å². The van der Waals surface area contributed by atoms with E-state index in [0.717, 1.165) is 49.4 Å². The minimum atomic E-state index is -5.08. The number of carboxylic acid groups (broad SMARTS) is 1. The van der Waals surface area contributed by atoms with Crippen LogP contribution in [0.4, 0.5) is 23.2 Å². The highest BCUT2D eigenvalue weighted by Crippen LogP contribution is 2.39. The molecule has 0 amide bonds. The van der Waals surface area contributed by atoms with Crippen LogP contribution in [0.15, 0.2) is 42.5 Å². The minimum Gasteiger partial charge on any atom is -0.475 e. The molecule has 3 aromatic rings. The molecule has 0 saturated heterocycles. The lowest BCUT2D eigenvalue weighted by Crippen LogP contribution is -2.21. The van der Waals surface area contributed by atoms with E-state index in [9.17, 15) is 17.6 Å². The Morgan fingerprint density at radius 2 is 2.00 bits per heavy atom. The molecule has 3 heterocycles. The lowest BCUT2D eigenvalue weighted by atomic mass is 9.90. The van der Waals surface area contributed by atoms with Gasteiger partial charge in [0.25, 0.3) is 0 Å². The molecule has 2 aliphatic heterocycles. The Balaban J connectivity index is 0.000000405. The van der Waals surface area contributed by atoms with Crippen molar-refractivity contribution < 1.29 is 27.5 Å². The first-order valence-electron chi connectivity index (χ1n) is 11.5. The van der Waals surface area contributed by atoms with Gasteiger partial charge in [0.2, 0.25) is 0 Å². The number of aryl methyl sites for hydroxylation is 2. The third-order valence-electron chi connectivity index (χ3n) is 6.10. The van der Waals surface area contributed by atoms with E-state index in [1.807, 2.05) is 11.6 Å². The van der Waals surface area contributed by atoms with Gasteiger partial charge in [-0.15, -0.1) is 5.10 Å². The quantitative estimate of drug-likeness (QED) is 0.376. The number of benzene rings is 2. The van der Waals surface area contributed by atoms with Gasteiger partial charge in [0.15, 0.2) is 0 Å². The Morgan fingerprint density at radius 3 is 2.65 bits per heavy atom. The van der Waals surface area contributed by atoms with E-state index < -0.39 is 12.1 Å². The molecule has 7 nitrogen and oxygen atoms in total. The topological polar surface area (TPSA) is 92.1 Å². The van der Waals surface area contributed by atoms with Crippen molar-refractivity contribution in [1.82, 2.24) is 20.3 Å². The van der Waals surface area contributed by atoms with Crippen molar-refractivity contribution in [3.63, 3.8) is 0 Å². The summed E-state index contributed by atoms with van der Waals surface area (Å²) in [6.07, 6.45) is -1.01. The Labute approximate surface area is 215 Å². The zero-order chi connectivity index (χ0) is 26.7. The molecular formula is C25H24ClF4N5O2. The van der Waals surface area contributed by atoms with Gasteiger partial charge in [-0.1, -0.05) is 35.0 Å². The average Bonchev–Trinajstić information content (AvgIpc) is 3.13. The zero-order valence-corrected chi connectivity index (χ0v) is 20.5. The maximum atomic E-state index is 13.9. The first-order chi connectivity index (χ1) is 17.5. The number of halogens is 5. The Hall–Kier alpha value is -3.44. The summed E-state index contributed by atoms with van der Waals surface area (Å²) in [5, 5.41) is 23.0. The first-order valence-corrected chi connectivity index (χ1v) is 11.9. The number of fused-ring (bicyclic) bond motifs is 3. The molecule has 0 spiro atoms. The number of aliphatic carboxylic acids is 1. The number of hydrogen-bond acceptors (Lipinski definition) is 5. The second kappa shape index (κ2) is 10.9. The fraction of sp³-hybridized carbons (Fsp3) is 0.320. The maximum absolute atomic E-state index is 13.9. The first kappa shape index (κ1) is 26.6. The van der Waals surface area contributed by atoms with E-state index in [0.29, 0.717) is 10.7 Å². The van der Waals surface area contributed by atoms with Gasteiger partial charge in [-0.3, -0.25) is 0 Å². The van der Waals surface area contributed by atoms with Gasteiger partial charge in [-0.2, -0.15) is 13.2 Å². The highest BCUT2D eigenvalue weighted by atomic mass is 35.5. The summed E-state index contributed by atoms with van der Waals surface area (Å²) >= 11 is 6.09. The third kappa shape index (κ3) is 6.28. The molecule has 5 rings (SSSR count). The monoisotopic (exact) mass is 537 g/mol. The Kier molecular flexibility index (Phi) is 7.84. The number of hydrogen-bond donors (Lipinski definition) is 3. The number of anilines is 1. The van der Waals surface area contributed by atoms with Gasteiger partial charge in [-0.05, 0) is 67.3 Å². The summed E-state index contributed by atoms with van der Waals surface area (Å²) in [5.41, 5.74) is 7.54. The van der Waals surface area contributed by atoms with Crippen LogP contribution in [0.5, 0.6) is 0 Å². The molecule has 0 aliphatic carbocycles. The van der Waals surface area contributed by atoms with Crippen molar-refractivity contribution in [3.8, 4) is 11.3 Å². The van der Waals surface area contributed by atoms with Gasteiger partial charge in [0.05, 0.1) is 17.4 Å². The molecule has 37 heavy (non-hydrogen) atoms.